The van der Waals surface area contributed by atoms with E-state index in [0.29, 0.717) is 63.5 Å². The number of halogens is 1. The maximum atomic E-state index is 15.2. The van der Waals surface area contributed by atoms with Gasteiger partial charge in [0.15, 0.2) is 0 Å². The van der Waals surface area contributed by atoms with Crippen LogP contribution in [0.3, 0.4) is 0 Å². The molecule has 214 valence electrons. The Morgan fingerprint density at radius 1 is 1.22 bits per heavy atom. The maximum absolute atomic E-state index is 15.2. The van der Waals surface area contributed by atoms with E-state index in [0.717, 1.165) is 46.5 Å². The van der Waals surface area contributed by atoms with Crippen molar-refractivity contribution in [2.75, 3.05) is 56.2 Å². The van der Waals surface area contributed by atoms with Gasteiger partial charge in [0, 0.05) is 37.8 Å². The van der Waals surface area contributed by atoms with Crippen molar-refractivity contribution in [1.29, 1.82) is 5.26 Å². The number of rotatable bonds is 7. The summed E-state index contributed by atoms with van der Waals surface area (Å²) in [4.78, 5) is 30.5. The Balaban J connectivity index is 1.34. The molecule has 0 radical (unpaired) electrons. The fourth-order valence-corrected chi connectivity index (χ4v) is 7.25. The zero-order valence-corrected chi connectivity index (χ0v) is 24.1. The number of carbonyl (C=O) groups is 1. The van der Waals surface area contributed by atoms with Gasteiger partial charge in [0.05, 0.1) is 41.2 Å². The summed E-state index contributed by atoms with van der Waals surface area (Å²) in [6, 6.07) is 7.97. The molecule has 0 saturated carbocycles. The average molecular weight is 576 g/mol. The lowest BCUT2D eigenvalue weighted by Gasteiger charge is -2.42. The number of ether oxygens (including phenoxy) is 1. The van der Waals surface area contributed by atoms with Crippen molar-refractivity contribution in [3.8, 4) is 12.1 Å². The van der Waals surface area contributed by atoms with Crippen molar-refractivity contribution in [1.82, 2.24) is 19.8 Å². The van der Waals surface area contributed by atoms with Gasteiger partial charge < -0.3 is 24.3 Å². The molecule has 1 amide bonds. The van der Waals surface area contributed by atoms with E-state index in [4.69, 9.17) is 14.7 Å². The summed E-state index contributed by atoms with van der Waals surface area (Å²) in [5.41, 5.74) is 2.46. The monoisotopic (exact) mass is 575 g/mol. The summed E-state index contributed by atoms with van der Waals surface area (Å²) >= 11 is 1.55. The minimum absolute atomic E-state index is 0.167. The number of carbonyl (C=O) groups excluding carboxylic acids is 1. The van der Waals surface area contributed by atoms with Crippen LogP contribution in [0.4, 0.5) is 15.9 Å². The van der Waals surface area contributed by atoms with Gasteiger partial charge in [-0.05, 0) is 61.8 Å². The first kappa shape index (κ1) is 27.4. The number of likely N-dealkylation sites (N-methyl/N-ethyl adjacent to an activating group) is 1. The number of nitrogens with zero attached hydrogens (tertiary/aromatic N) is 7. The fourth-order valence-electron chi connectivity index (χ4n) is 6.29. The van der Waals surface area contributed by atoms with Crippen LogP contribution in [0, 0.1) is 17.1 Å². The van der Waals surface area contributed by atoms with E-state index in [1.54, 1.807) is 16.2 Å². The lowest BCUT2D eigenvalue weighted by molar-refractivity contribution is -0.128. The van der Waals surface area contributed by atoms with Crippen LogP contribution < -0.4 is 14.5 Å². The second-order valence-corrected chi connectivity index (χ2v) is 11.9. The molecule has 2 aromatic heterocycles. The number of benzene rings is 1. The van der Waals surface area contributed by atoms with Gasteiger partial charge in [0.2, 0.25) is 5.91 Å². The third kappa shape index (κ3) is 5.34. The number of nitriles is 1. The molecule has 0 spiro atoms. The third-order valence-electron chi connectivity index (χ3n) is 8.53. The van der Waals surface area contributed by atoms with Crippen molar-refractivity contribution in [3.63, 3.8) is 0 Å². The lowest BCUT2D eigenvalue weighted by atomic mass is 10.0. The van der Waals surface area contributed by atoms with Gasteiger partial charge in [-0.15, -0.1) is 11.3 Å². The number of hydrogen-bond acceptors (Lipinski definition) is 9. The number of hydrogen-bond donors (Lipinski definition) is 0. The van der Waals surface area contributed by atoms with Crippen molar-refractivity contribution in [2.24, 2.45) is 0 Å². The second kappa shape index (κ2) is 11.6. The molecule has 6 rings (SSSR count). The van der Waals surface area contributed by atoms with Crippen LogP contribution in [-0.2, 0) is 17.8 Å². The van der Waals surface area contributed by atoms with E-state index in [1.807, 2.05) is 17.5 Å². The first-order chi connectivity index (χ1) is 20.0. The molecular weight excluding hydrogens is 541 g/mol. The number of thiophene rings is 1. The average Bonchev–Trinajstić information content (AvgIpc) is 3.63. The fraction of sp³-hybridized carbons (Fsp3) is 0.467. The Kier molecular flexibility index (Phi) is 7.77. The number of fused-ring (bicyclic) bond motifs is 2. The highest BCUT2D eigenvalue weighted by Crippen LogP contribution is 2.38. The maximum Gasteiger partial charge on any atom is 0.318 e. The lowest BCUT2D eigenvalue weighted by Crippen LogP contribution is -2.55. The molecule has 5 heterocycles. The van der Waals surface area contributed by atoms with Crippen LogP contribution in [0.25, 0.3) is 10.1 Å². The first-order valence-corrected chi connectivity index (χ1v) is 15.0. The Morgan fingerprint density at radius 2 is 2.10 bits per heavy atom. The van der Waals surface area contributed by atoms with Gasteiger partial charge in [-0.3, -0.25) is 4.79 Å². The van der Waals surface area contributed by atoms with Crippen LogP contribution in [0.15, 0.2) is 36.2 Å². The Labute approximate surface area is 243 Å². The van der Waals surface area contributed by atoms with E-state index >= 15 is 4.39 Å². The first-order valence-electron chi connectivity index (χ1n) is 14.1. The van der Waals surface area contributed by atoms with E-state index in [9.17, 15) is 10.1 Å². The summed E-state index contributed by atoms with van der Waals surface area (Å²) < 4.78 is 22.4. The molecule has 3 aromatic rings. The molecule has 0 aliphatic carbocycles. The van der Waals surface area contributed by atoms with Crippen LogP contribution in [0.2, 0.25) is 0 Å². The van der Waals surface area contributed by atoms with E-state index in [-0.39, 0.29) is 24.2 Å². The molecule has 2 saturated heterocycles. The van der Waals surface area contributed by atoms with Crippen molar-refractivity contribution in [2.45, 2.75) is 44.3 Å². The number of likely N-dealkylation sites (tertiary alicyclic amines) is 1. The zero-order valence-electron chi connectivity index (χ0n) is 23.3. The molecular formula is C30H34FN7O2S. The number of amides is 1. The molecule has 3 aliphatic rings. The second-order valence-electron chi connectivity index (χ2n) is 10.9. The van der Waals surface area contributed by atoms with E-state index in [2.05, 4.69) is 34.4 Å². The van der Waals surface area contributed by atoms with Gasteiger partial charge in [-0.1, -0.05) is 12.6 Å². The molecule has 2 atom stereocenters. The normalized spacial score (nSPS) is 21.1. The van der Waals surface area contributed by atoms with E-state index in [1.165, 1.54) is 12.1 Å². The largest absolute Gasteiger partial charge is 0.462 e. The van der Waals surface area contributed by atoms with E-state index < -0.39 is 0 Å². The van der Waals surface area contributed by atoms with Crippen molar-refractivity contribution < 1.29 is 13.9 Å². The highest BCUT2D eigenvalue weighted by atomic mass is 32.1. The van der Waals surface area contributed by atoms with Crippen LogP contribution in [0.5, 0.6) is 6.01 Å². The smallest absolute Gasteiger partial charge is 0.318 e. The molecule has 2 fully saturated rings. The number of piperazine rings is 1. The van der Waals surface area contributed by atoms with Gasteiger partial charge >= 0.3 is 6.01 Å². The number of anilines is 2. The zero-order chi connectivity index (χ0) is 28.5. The summed E-state index contributed by atoms with van der Waals surface area (Å²) in [5, 5.41) is 12.5. The summed E-state index contributed by atoms with van der Waals surface area (Å²) in [6.45, 7) is 7.77. The SMILES string of the molecule is C=CC(=O)N1CCN(c2nc(OC[C@@H]3CCCN3C)nc3c2CCN(c2c(F)ccc4ccsc24)C3)C[C@@H]1CC#N. The Bertz CT molecular complexity index is 1500. The van der Waals surface area contributed by atoms with Crippen LogP contribution >= 0.6 is 11.3 Å². The molecule has 9 nitrogen and oxygen atoms in total. The highest BCUT2D eigenvalue weighted by molar-refractivity contribution is 7.17. The third-order valence-corrected chi connectivity index (χ3v) is 9.47. The minimum Gasteiger partial charge on any atom is -0.462 e. The molecule has 41 heavy (non-hydrogen) atoms. The highest BCUT2D eigenvalue weighted by Gasteiger charge is 2.34. The Hall–Kier alpha value is -3.75. The number of aromatic nitrogens is 2. The molecule has 0 N–H and O–H groups in total. The summed E-state index contributed by atoms with van der Waals surface area (Å²) in [6.07, 6.45) is 4.39. The molecule has 1 aromatic carbocycles. The van der Waals surface area contributed by atoms with Gasteiger partial charge in [-0.2, -0.15) is 15.2 Å². The quantitative estimate of drug-likeness (QED) is 0.391. The van der Waals surface area contributed by atoms with Gasteiger partial charge in [0.25, 0.3) is 0 Å². The van der Waals surface area contributed by atoms with Crippen molar-refractivity contribution >= 4 is 38.8 Å². The van der Waals surface area contributed by atoms with Crippen LogP contribution in [-0.4, -0.2) is 84.1 Å². The van der Waals surface area contributed by atoms with Crippen LogP contribution in [0.1, 0.15) is 30.5 Å². The van der Waals surface area contributed by atoms with Gasteiger partial charge in [0.1, 0.15) is 18.2 Å². The molecule has 0 unspecified atom stereocenters. The molecule has 3 aliphatic heterocycles. The summed E-state index contributed by atoms with van der Waals surface area (Å²) in [5.74, 6) is 0.383. The minimum atomic E-state index is -0.271. The predicted molar refractivity (Wildman–Crippen MR) is 158 cm³/mol. The van der Waals surface area contributed by atoms with Crippen molar-refractivity contribution in [3.05, 3.63) is 53.3 Å². The molecule has 11 heteroatoms. The van der Waals surface area contributed by atoms with Gasteiger partial charge in [-0.25, -0.2) is 4.39 Å². The topological polar surface area (TPSA) is 88.8 Å². The Morgan fingerprint density at radius 3 is 2.88 bits per heavy atom. The summed E-state index contributed by atoms with van der Waals surface area (Å²) in [7, 11) is 2.11. The predicted octanol–water partition coefficient (Wildman–Crippen LogP) is 3.98. The molecule has 0 bridgehead atoms. The standard InChI is InChI=1S/C30H34FN7O2S/c1-3-26(39)38-15-14-37(17-21(38)8-11-32)29-23-9-13-36(27-24(31)7-6-20-10-16-41-28(20)27)18-25(23)33-30(34-29)40-19-22-5-4-12-35(22)2/h3,6-7,10,16,21-22H,1,4-5,8-9,12-15,17-19H2,2H3/t21-,22-/m0/s1.